The Morgan fingerprint density at radius 1 is 1.50 bits per heavy atom. The molecule has 1 aliphatic carbocycles. The fourth-order valence-corrected chi connectivity index (χ4v) is 3.55. The Morgan fingerprint density at radius 3 is 3.00 bits per heavy atom. The largest absolute Gasteiger partial charge is 0.384 e. The number of hydrogen-bond acceptors (Lipinski definition) is 2. The van der Waals surface area contributed by atoms with Crippen molar-refractivity contribution in [2.45, 2.75) is 25.4 Å². The molecule has 3 rings (SSSR count). The van der Waals surface area contributed by atoms with Crippen molar-refractivity contribution in [3.63, 3.8) is 0 Å². The molecule has 1 saturated carbocycles. The smallest absolute Gasteiger partial charge is 0.123 e. The Balaban J connectivity index is 2.06. The zero-order chi connectivity index (χ0) is 11.3. The first-order valence-electron chi connectivity index (χ1n) is 5.55. The van der Waals surface area contributed by atoms with Crippen LogP contribution >= 0.6 is 11.3 Å². The van der Waals surface area contributed by atoms with Crippen LogP contribution in [0.25, 0.3) is 10.1 Å². The van der Waals surface area contributed by atoms with Crippen LogP contribution < -0.4 is 0 Å². The predicted octanol–water partition coefficient (Wildman–Crippen LogP) is 3.66. The van der Waals surface area contributed by atoms with Crippen LogP contribution in [0.15, 0.2) is 24.3 Å². The van der Waals surface area contributed by atoms with Gasteiger partial charge in [-0.2, -0.15) is 0 Å². The van der Waals surface area contributed by atoms with Gasteiger partial charge < -0.3 is 5.11 Å². The minimum absolute atomic E-state index is 0.216. The first-order chi connectivity index (χ1) is 7.63. The van der Waals surface area contributed by atoms with Crippen molar-refractivity contribution in [2.24, 2.45) is 5.92 Å². The number of thiophene rings is 1. The number of benzene rings is 1. The predicted molar refractivity (Wildman–Crippen MR) is 64.1 cm³/mol. The van der Waals surface area contributed by atoms with Gasteiger partial charge in [-0.3, -0.25) is 0 Å². The summed E-state index contributed by atoms with van der Waals surface area (Å²) in [5.41, 5.74) is -0.630. The quantitative estimate of drug-likeness (QED) is 0.843. The summed E-state index contributed by atoms with van der Waals surface area (Å²) in [5.74, 6) is 0.164. The third-order valence-corrected chi connectivity index (χ3v) is 4.75. The van der Waals surface area contributed by atoms with Gasteiger partial charge in [0.1, 0.15) is 11.4 Å². The molecule has 1 aromatic heterocycles. The average Bonchev–Trinajstić information content (AvgIpc) is 2.76. The molecule has 84 valence electrons. The van der Waals surface area contributed by atoms with Gasteiger partial charge in [-0.25, -0.2) is 4.39 Å². The van der Waals surface area contributed by atoms with E-state index >= 15 is 0 Å². The van der Waals surface area contributed by atoms with Gasteiger partial charge in [-0.15, -0.1) is 11.3 Å². The summed E-state index contributed by atoms with van der Waals surface area (Å²) in [6, 6.07) is 6.71. The standard InChI is InChI=1S/C13H13FOS/c1-2-9-7-13(9,15)12-6-8-5-10(14)3-4-11(8)16-12/h3-6,9,15H,2,7H2,1H3. The van der Waals surface area contributed by atoms with E-state index in [-0.39, 0.29) is 5.82 Å². The van der Waals surface area contributed by atoms with E-state index in [4.69, 9.17) is 0 Å². The Hall–Kier alpha value is -0.930. The summed E-state index contributed by atoms with van der Waals surface area (Å²) in [6.07, 6.45) is 1.85. The third kappa shape index (κ3) is 1.39. The molecule has 0 spiro atoms. The van der Waals surface area contributed by atoms with Gasteiger partial charge in [0.25, 0.3) is 0 Å². The van der Waals surface area contributed by atoms with E-state index in [9.17, 15) is 9.50 Å². The van der Waals surface area contributed by atoms with Crippen molar-refractivity contribution in [3.05, 3.63) is 35.0 Å². The lowest BCUT2D eigenvalue weighted by Gasteiger charge is -2.05. The second-order valence-corrected chi connectivity index (χ2v) is 5.61. The lowest BCUT2D eigenvalue weighted by molar-refractivity contribution is 0.134. The highest BCUT2D eigenvalue weighted by molar-refractivity contribution is 7.19. The molecule has 2 unspecified atom stereocenters. The Labute approximate surface area is 97.5 Å². The Kier molecular flexibility index (Phi) is 2.10. The Bertz CT molecular complexity index is 548. The number of rotatable bonds is 2. The second-order valence-electron chi connectivity index (χ2n) is 4.53. The van der Waals surface area contributed by atoms with Gasteiger partial charge in [-0.1, -0.05) is 13.3 Å². The molecule has 2 aromatic rings. The number of halogens is 1. The van der Waals surface area contributed by atoms with Crippen LogP contribution in [-0.4, -0.2) is 5.11 Å². The molecule has 1 N–H and O–H groups in total. The highest BCUT2D eigenvalue weighted by Crippen LogP contribution is 2.56. The van der Waals surface area contributed by atoms with Crippen molar-refractivity contribution in [2.75, 3.05) is 0 Å². The highest BCUT2D eigenvalue weighted by atomic mass is 32.1. The van der Waals surface area contributed by atoms with Gasteiger partial charge in [0.05, 0.1) is 0 Å². The first kappa shape index (κ1) is 10.2. The molecule has 0 saturated heterocycles. The average molecular weight is 236 g/mol. The van der Waals surface area contributed by atoms with Crippen LogP contribution in [0, 0.1) is 11.7 Å². The van der Waals surface area contributed by atoms with Crippen LogP contribution in [0.1, 0.15) is 24.6 Å². The van der Waals surface area contributed by atoms with E-state index in [1.165, 1.54) is 12.1 Å². The van der Waals surface area contributed by atoms with E-state index in [1.807, 2.05) is 6.07 Å². The van der Waals surface area contributed by atoms with Crippen molar-refractivity contribution in [1.82, 2.24) is 0 Å². The second kappa shape index (κ2) is 3.28. The topological polar surface area (TPSA) is 20.2 Å². The van der Waals surface area contributed by atoms with E-state index < -0.39 is 5.60 Å². The molecule has 0 amide bonds. The molecule has 1 nitrogen and oxygen atoms in total. The van der Waals surface area contributed by atoms with Gasteiger partial charge in [0.2, 0.25) is 0 Å². The monoisotopic (exact) mass is 236 g/mol. The fraction of sp³-hybridized carbons (Fsp3) is 0.385. The SMILES string of the molecule is CCC1CC1(O)c1cc2cc(F)ccc2s1. The van der Waals surface area contributed by atoms with Gasteiger partial charge in [-0.05, 0) is 42.0 Å². The molecule has 16 heavy (non-hydrogen) atoms. The molecule has 0 bridgehead atoms. The van der Waals surface area contributed by atoms with E-state index in [2.05, 4.69) is 6.92 Å². The van der Waals surface area contributed by atoms with Crippen molar-refractivity contribution in [3.8, 4) is 0 Å². The molecule has 1 aliphatic rings. The third-order valence-electron chi connectivity index (χ3n) is 3.47. The molecular formula is C13H13FOS. The summed E-state index contributed by atoms with van der Waals surface area (Å²) >= 11 is 1.58. The number of hydrogen-bond donors (Lipinski definition) is 1. The normalized spacial score (nSPS) is 28.6. The van der Waals surface area contributed by atoms with E-state index in [1.54, 1.807) is 17.4 Å². The maximum atomic E-state index is 13.0. The zero-order valence-electron chi connectivity index (χ0n) is 9.03. The fourth-order valence-electron chi connectivity index (χ4n) is 2.33. The van der Waals surface area contributed by atoms with Crippen LogP contribution in [0.2, 0.25) is 0 Å². The molecule has 3 heteroatoms. The van der Waals surface area contributed by atoms with E-state index in [0.717, 1.165) is 27.8 Å². The molecule has 0 radical (unpaired) electrons. The summed E-state index contributed by atoms with van der Waals surface area (Å²) in [7, 11) is 0. The number of fused-ring (bicyclic) bond motifs is 1. The summed E-state index contributed by atoms with van der Waals surface area (Å²) in [6.45, 7) is 2.09. The molecule has 1 aromatic carbocycles. The summed E-state index contributed by atoms with van der Waals surface area (Å²) < 4.78 is 14.1. The van der Waals surface area contributed by atoms with Crippen molar-refractivity contribution >= 4 is 21.4 Å². The maximum Gasteiger partial charge on any atom is 0.123 e. The van der Waals surface area contributed by atoms with Crippen molar-refractivity contribution in [1.29, 1.82) is 0 Å². The summed E-state index contributed by atoms with van der Waals surface area (Å²) in [5, 5.41) is 11.2. The molecular weight excluding hydrogens is 223 g/mol. The van der Waals surface area contributed by atoms with Gasteiger partial charge in [0.15, 0.2) is 0 Å². The first-order valence-corrected chi connectivity index (χ1v) is 6.37. The van der Waals surface area contributed by atoms with Crippen LogP contribution in [0.4, 0.5) is 4.39 Å². The minimum Gasteiger partial charge on any atom is -0.384 e. The summed E-state index contributed by atoms with van der Waals surface area (Å²) in [4.78, 5) is 0.986. The lowest BCUT2D eigenvalue weighted by atomic mass is 10.1. The molecule has 1 fully saturated rings. The maximum absolute atomic E-state index is 13.0. The minimum atomic E-state index is -0.630. The van der Waals surface area contributed by atoms with Crippen LogP contribution in [-0.2, 0) is 5.60 Å². The highest BCUT2D eigenvalue weighted by Gasteiger charge is 2.53. The van der Waals surface area contributed by atoms with E-state index in [0.29, 0.717) is 5.92 Å². The molecule has 1 heterocycles. The number of aliphatic hydroxyl groups is 1. The van der Waals surface area contributed by atoms with Crippen molar-refractivity contribution < 1.29 is 9.50 Å². The Morgan fingerprint density at radius 2 is 2.31 bits per heavy atom. The zero-order valence-corrected chi connectivity index (χ0v) is 9.85. The molecule has 0 aliphatic heterocycles. The van der Waals surface area contributed by atoms with Crippen LogP contribution in [0.3, 0.4) is 0 Å². The molecule has 2 atom stereocenters. The van der Waals surface area contributed by atoms with Gasteiger partial charge >= 0.3 is 0 Å². The van der Waals surface area contributed by atoms with Gasteiger partial charge in [0, 0.05) is 9.58 Å². The van der Waals surface area contributed by atoms with Crippen LogP contribution in [0.5, 0.6) is 0 Å². The lowest BCUT2D eigenvalue weighted by Crippen LogP contribution is -2.05.